The van der Waals surface area contributed by atoms with Crippen molar-refractivity contribution in [2.24, 2.45) is 21.7 Å². The SMILES string of the molecule is CN(C)C(=O)O[C@@](C)(C(=O)C[C@H](c1nc2cc(-c3ccc(-c4cc5nc([C@@H](NC(=O)[C@](C)(OC(=O)N(C)C)C(C)(C)C)C(C)(C)C)[nH]c5cc4F)cc3)c(F)cc2[nH]1)C(C)(C)C)C(C)(C)C. The average Bonchev–Trinajstić information content (AvgIpc) is 3.78. The van der Waals surface area contributed by atoms with E-state index >= 15 is 8.78 Å². The smallest absolute Gasteiger partial charge is 0.410 e. The Labute approximate surface area is 387 Å². The number of halogens is 2. The van der Waals surface area contributed by atoms with Crippen molar-refractivity contribution < 1.29 is 37.4 Å². The van der Waals surface area contributed by atoms with Crippen molar-refractivity contribution >= 4 is 45.9 Å². The van der Waals surface area contributed by atoms with E-state index in [-0.39, 0.29) is 23.3 Å². The summed E-state index contributed by atoms with van der Waals surface area (Å²) in [5, 5.41) is 3.07. The van der Waals surface area contributed by atoms with E-state index < -0.39 is 74.5 Å². The van der Waals surface area contributed by atoms with Crippen molar-refractivity contribution in [3.05, 3.63) is 71.8 Å². The Hall–Kier alpha value is -5.86. The summed E-state index contributed by atoms with van der Waals surface area (Å²) in [6.07, 6.45) is -1.26. The van der Waals surface area contributed by atoms with Gasteiger partial charge in [-0.05, 0) is 47.9 Å². The summed E-state index contributed by atoms with van der Waals surface area (Å²) in [4.78, 5) is 72.4. The van der Waals surface area contributed by atoms with Gasteiger partial charge in [0.2, 0.25) is 0 Å². The van der Waals surface area contributed by atoms with Crippen molar-refractivity contribution in [2.45, 2.75) is 127 Å². The van der Waals surface area contributed by atoms with E-state index in [0.29, 0.717) is 44.8 Å². The lowest BCUT2D eigenvalue weighted by molar-refractivity contribution is -0.152. The number of H-pyrrole nitrogens is 2. The minimum Gasteiger partial charge on any atom is -0.435 e. The topological polar surface area (TPSA) is 163 Å². The van der Waals surface area contributed by atoms with Crippen molar-refractivity contribution in [1.29, 1.82) is 0 Å². The lowest BCUT2D eigenvalue weighted by atomic mass is 9.69. The quantitative estimate of drug-likeness (QED) is 0.118. The lowest BCUT2D eigenvalue weighted by Gasteiger charge is -2.42. The van der Waals surface area contributed by atoms with E-state index in [4.69, 9.17) is 19.4 Å². The number of rotatable bonds is 11. The van der Waals surface area contributed by atoms with Gasteiger partial charge >= 0.3 is 12.2 Å². The largest absolute Gasteiger partial charge is 0.435 e. The molecule has 5 rings (SSSR count). The van der Waals surface area contributed by atoms with Gasteiger partial charge in [0.15, 0.2) is 17.0 Å². The number of fused-ring (bicyclic) bond motifs is 2. The molecule has 0 bridgehead atoms. The number of ether oxygens (including phenoxy) is 2. The Morgan fingerprint density at radius 2 is 1.00 bits per heavy atom. The standard InChI is InChI=1S/C51H69F2N7O6/c1-46(2,3)32(25-39(61)50(13,48(7,8)9)65-44(63)59(15)16)41-54-35-23-30(33(52)26-37(35)55-41)28-19-21-29(22-20-28)31-24-36-38(27-34(31)53)57-42(56-36)40(47(4,5)6)58-43(62)51(14,49(10,11)12)66-45(64)60(17)18/h19-24,26-27,32,40H,25H2,1-18H3,(H,54,55)(H,56,57)(H,58,62)/t32-,40-,50+,51+/m1/s1. The highest BCUT2D eigenvalue weighted by Gasteiger charge is 2.51. The second kappa shape index (κ2) is 17.7. The van der Waals surface area contributed by atoms with Crippen molar-refractivity contribution in [2.75, 3.05) is 28.2 Å². The molecule has 3 aromatic carbocycles. The summed E-state index contributed by atoms with van der Waals surface area (Å²) in [7, 11) is 6.22. The van der Waals surface area contributed by atoms with Crippen LogP contribution >= 0.6 is 0 Å². The second-order valence-electron chi connectivity index (χ2n) is 22.4. The maximum atomic E-state index is 16.0. The number of hydrogen-bond donors (Lipinski definition) is 3. The Balaban J connectivity index is 1.45. The van der Waals surface area contributed by atoms with E-state index in [0.717, 1.165) is 0 Å². The summed E-state index contributed by atoms with van der Waals surface area (Å²) < 4.78 is 43.5. The lowest BCUT2D eigenvalue weighted by Crippen LogP contribution is -2.58. The van der Waals surface area contributed by atoms with Crippen LogP contribution in [0.15, 0.2) is 48.5 Å². The highest BCUT2D eigenvalue weighted by molar-refractivity contribution is 5.91. The number of ketones is 1. The van der Waals surface area contributed by atoms with Gasteiger partial charge in [0.1, 0.15) is 23.3 Å². The highest BCUT2D eigenvalue weighted by atomic mass is 19.1. The molecule has 0 saturated heterocycles. The van der Waals surface area contributed by atoms with Crippen LogP contribution in [0, 0.1) is 33.3 Å². The zero-order chi connectivity index (χ0) is 49.9. The predicted octanol–water partition coefficient (Wildman–Crippen LogP) is 11.3. The normalized spacial score (nSPS) is 15.4. The molecule has 0 aliphatic heterocycles. The van der Waals surface area contributed by atoms with E-state index in [2.05, 4.69) is 15.3 Å². The molecule has 3 N–H and O–H groups in total. The van der Waals surface area contributed by atoms with E-state index in [1.165, 1.54) is 21.9 Å². The number of imidazole rings is 2. The Bertz CT molecular complexity index is 2460. The van der Waals surface area contributed by atoms with Crippen LogP contribution < -0.4 is 5.32 Å². The van der Waals surface area contributed by atoms with Crippen LogP contribution in [0.5, 0.6) is 0 Å². The molecule has 0 radical (unpaired) electrons. The van der Waals surface area contributed by atoms with Crippen molar-refractivity contribution in [3.63, 3.8) is 0 Å². The number of aromatic nitrogens is 4. The van der Waals surface area contributed by atoms with Crippen LogP contribution in [-0.2, 0) is 19.1 Å². The molecule has 0 spiro atoms. The number of nitrogens with one attached hydrogen (secondary N) is 3. The molecule has 0 aliphatic carbocycles. The third-order valence-corrected chi connectivity index (χ3v) is 13.0. The fourth-order valence-electron chi connectivity index (χ4n) is 7.53. The second-order valence-corrected chi connectivity index (χ2v) is 22.4. The Morgan fingerprint density at radius 1 is 0.606 bits per heavy atom. The van der Waals surface area contributed by atoms with Gasteiger partial charge < -0.3 is 34.6 Å². The minimum absolute atomic E-state index is 0.0110. The summed E-state index contributed by atoms with van der Waals surface area (Å²) >= 11 is 0. The zero-order valence-electron chi connectivity index (χ0n) is 42.0. The van der Waals surface area contributed by atoms with Gasteiger partial charge in [-0.2, -0.15) is 0 Å². The van der Waals surface area contributed by atoms with Crippen LogP contribution in [-0.4, -0.2) is 93.0 Å². The summed E-state index contributed by atoms with van der Waals surface area (Å²) in [6.45, 7) is 26.1. The van der Waals surface area contributed by atoms with Crippen LogP contribution in [0.25, 0.3) is 44.3 Å². The first-order chi connectivity index (χ1) is 30.1. The van der Waals surface area contributed by atoms with Gasteiger partial charge in [-0.1, -0.05) is 107 Å². The molecule has 0 saturated carbocycles. The number of amides is 3. The molecule has 5 aromatic rings. The van der Waals surface area contributed by atoms with Gasteiger partial charge in [0.25, 0.3) is 5.91 Å². The van der Waals surface area contributed by atoms with Gasteiger partial charge in [-0.25, -0.2) is 28.3 Å². The molecular weight excluding hydrogens is 845 g/mol. The third kappa shape index (κ3) is 10.2. The molecule has 0 unspecified atom stereocenters. The summed E-state index contributed by atoms with van der Waals surface area (Å²) in [5.74, 6) is -1.32. The van der Waals surface area contributed by atoms with Crippen LogP contribution in [0.1, 0.15) is 127 Å². The molecule has 13 nitrogen and oxygen atoms in total. The molecular formula is C51H69F2N7O6. The number of aromatic amines is 2. The van der Waals surface area contributed by atoms with Gasteiger partial charge in [0.05, 0.1) is 28.1 Å². The first kappa shape index (κ1) is 51.1. The highest BCUT2D eigenvalue weighted by Crippen LogP contribution is 2.44. The fourth-order valence-corrected chi connectivity index (χ4v) is 7.53. The predicted molar refractivity (Wildman–Crippen MR) is 255 cm³/mol. The molecule has 15 heteroatoms. The first-order valence-electron chi connectivity index (χ1n) is 22.2. The zero-order valence-corrected chi connectivity index (χ0v) is 42.0. The number of carbonyl (C=O) groups excluding carboxylic acids is 4. The Kier molecular flexibility index (Phi) is 13.7. The molecule has 66 heavy (non-hydrogen) atoms. The maximum absolute atomic E-state index is 16.0. The minimum atomic E-state index is -1.55. The number of benzene rings is 3. The molecule has 4 atom stereocenters. The third-order valence-electron chi connectivity index (χ3n) is 13.0. The van der Waals surface area contributed by atoms with Gasteiger partial charge in [-0.3, -0.25) is 9.59 Å². The fraction of sp³-hybridized carbons (Fsp3) is 0.529. The van der Waals surface area contributed by atoms with Crippen LogP contribution in [0.3, 0.4) is 0 Å². The number of Topliss-reactive ketones (excluding diaryl/α,β-unsaturated/α-hetero) is 1. The van der Waals surface area contributed by atoms with E-state index in [1.807, 2.05) is 83.1 Å². The number of nitrogens with zero attached hydrogens (tertiary/aromatic N) is 4. The molecule has 2 heterocycles. The number of hydrogen-bond acceptors (Lipinski definition) is 8. The number of carbonyl (C=O) groups is 4. The summed E-state index contributed by atoms with van der Waals surface area (Å²) in [5.41, 5.74) is -2.07. The average molecular weight is 914 g/mol. The molecule has 358 valence electrons. The van der Waals surface area contributed by atoms with Crippen LogP contribution in [0.2, 0.25) is 0 Å². The molecule has 3 amide bonds. The maximum Gasteiger partial charge on any atom is 0.410 e. The van der Waals surface area contributed by atoms with E-state index in [1.54, 1.807) is 78.4 Å². The first-order valence-corrected chi connectivity index (χ1v) is 22.2. The van der Waals surface area contributed by atoms with Crippen molar-refractivity contribution in [3.8, 4) is 22.3 Å². The molecule has 0 aliphatic rings. The molecule has 2 aromatic heterocycles. The van der Waals surface area contributed by atoms with Crippen molar-refractivity contribution in [1.82, 2.24) is 35.1 Å². The molecule has 0 fully saturated rings. The van der Waals surface area contributed by atoms with E-state index in [9.17, 15) is 19.2 Å². The monoisotopic (exact) mass is 914 g/mol. The van der Waals surface area contributed by atoms with Gasteiger partial charge in [-0.15, -0.1) is 0 Å². The van der Waals surface area contributed by atoms with Gasteiger partial charge in [0, 0.05) is 74.6 Å². The Morgan fingerprint density at radius 3 is 1.38 bits per heavy atom. The summed E-state index contributed by atoms with van der Waals surface area (Å²) in [6, 6.07) is 12.2. The van der Waals surface area contributed by atoms with Crippen LogP contribution in [0.4, 0.5) is 18.4 Å².